The van der Waals surface area contributed by atoms with Crippen LogP contribution in [0.5, 0.6) is 0 Å². The first-order valence-corrected chi connectivity index (χ1v) is 18.4. The van der Waals surface area contributed by atoms with E-state index in [9.17, 15) is 0 Å². The second-order valence-corrected chi connectivity index (χ2v) is 17.7. The van der Waals surface area contributed by atoms with Gasteiger partial charge in [0, 0.05) is 22.9 Å². The van der Waals surface area contributed by atoms with Crippen molar-refractivity contribution in [3.63, 3.8) is 0 Å². The molecule has 0 spiro atoms. The first-order chi connectivity index (χ1) is 20.3. The van der Waals surface area contributed by atoms with Crippen LogP contribution in [0.15, 0.2) is 182 Å². The van der Waals surface area contributed by atoms with Gasteiger partial charge >= 0.3 is 0 Å². The minimum atomic E-state index is -1.90. The van der Waals surface area contributed by atoms with Gasteiger partial charge in [0.05, 0.1) is 12.3 Å². The van der Waals surface area contributed by atoms with Gasteiger partial charge in [0.25, 0.3) is 0 Å². The summed E-state index contributed by atoms with van der Waals surface area (Å²) in [6, 6.07) is 67.8. The molecule has 3 heteroatoms. The third-order valence-corrected chi connectivity index (χ3v) is 17.2. The van der Waals surface area contributed by atoms with E-state index in [4.69, 9.17) is 0 Å². The van der Waals surface area contributed by atoms with Crippen LogP contribution in [0.1, 0.15) is 6.42 Å². The zero-order valence-corrected chi connectivity index (χ0v) is 26.4. The van der Waals surface area contributed by atoms with Crippen molar-refractivity contribution in [3.8, 4) is 0 Å². The molecular weight excluding hydrogens is 589 g/mol. The largest absolute Gasteiger partial charge is 0.112 e. The first kappa shape index (κ1) is 30.1. The topological polar surface area (TPSA) is 0 Å². The fourth-order valence-corrected chi connectivity index (χ4v) is 15.2. The Balaban J connectivity index is 0.00000353. The predicted octanol–water partition coefficient (Wildman–Crippen LogP) is 7.36. The van der Waals surface area contributed by atoms with Crippen LogP contribution < -0.4 is 31.8 Å². The Labute approximate surface area is 262 Å². The van der Waals surface area contributed by atoms with Crippen molar-refractivity contribution in [2.75, 3.05) is 12.3 Å². The summed E-state index contributed by atoms with van der Waals surface area (Å²) in [5.74, 6) is 0. The van der Waals surface area contributed by atoms with Crippen molar-refractivity contribution in [2.24, 2.45) is 0 Å². The molecule has 0 unspecified atom stereocenters. The fraction of sp³-hybridized carbons (Fsp3) is 0.0769. The third-order valence-electron chi connectivity index (χ3n) is 8.17. The smallest absolute Gasteiger partial charge is 0.0620 e. The molecule has 0 N–H and O–H groups in total. The molecule has 42 heavy (non-hydrogen) atoms. The van der Waals surface area contributed by atoms with Gasteiger partial charge in [-0.15, -0.1) is 0 Å². The molecule has 0 aromatic heterocycles. The molecular formula is C39H36NiP2+2. The van der Waals surface area contributed by atoms with Gasteiger partial charge in [0.15, 0.2) is 0 Å². The Hall–Kier alpha value is -3.33. The number of rotatable bonds is 10. The van der Waals surface area contributed by atoms with Crippen LogP contribution in [-0.4, -0.2) is 12.3 Å². The van der Waals surface area contributed by atoms with E-state index in [1.807, 2.05) is 0 Å². The van der Waals surface area contributed by atoms with E-state index in [0.717, 1.165) is 18.7 Å². The average molecular weight is 625 g/mol. The van der Waals surface area contributed by atoms with Gasteiger partial charge in [0.2, 0.25) is 0 Å². The summed E-state index contributed by atoms with van der Waals surface area (Å²) in [5.41, 5.74) is 0. The summed E-state index contributed by atoms with van der Waals surface area (Å²) in [5, 5.41) is 8.75. The molecule has 6 aromatic carbocycles. The Morgan fingerprint density at radius 3 is 0.595 bits per heavy atom. The van der Waals surface area contributed by atoms with Gasteiger partial charge in [-0.3, -0.25) is 0 Å². The molecule has 0 amide bonds. The van der Waals surface area contributed by atoms with Crippen molar-refractivity contribution in [2.45, 2.75) is 6.42 Å². The number of benzene rings is 6. The van der Waals surface area contributed by atoms with E-state index in [-0.39, 0.29) is 16.5 Å². The molecule has 0 saturated heterocycles. The fourth-order valence-electron chi connectivity index (χ4n) is 6.31. The predicted molar refractivity (Wildman–Crippen MR) is 185 cm³/mol. The second kappa shape index (κ2) is 14.2. The third kappa shape index (κ3) is 5.94. The van der Waals surface area contributed by atoms with E-state index >= 15 is 0 Å². The van der Waals surface area contributed by atoms with Crippen LogP contribution in [0.4, 0.5) is 0 Å². The van der Waals surface area contributed by atoms with Gasteiger partial charge in [-0.25, -0.2) is 0 Å². The second-order valence-electron chi connectivity index (χ2n) is 10.4. The maximum absolute atomic E-state index is 2.36. The molecule has 0 radical (unpaired) electrons. The molecule has 0 heterocycles. The molecule has 0 fully saturated rings. The molecule has 0 aliphatic rings. The molecule has 0 bridgehead atoms. The minimum Gasteiger partial charge on any atom is -0.0620 e. The average Bonchev–Trinajstić information content (AvgIpc) is 3.08. The summed E-state index contributed by atoms with van der Waals surface area (Å²) in [6.07, 6.45) is 3.37. The summed E-state index contributed by atoms with van der Waals surface area (Å²) < 4.78 is 0. The van der Waals surface area contributed by atoms with Gasteiger partial charge in [0.1, 0.15) is 46.4 Å². The molecule has 6 aromatic rings. The quantitative estimate of drug-likeness (QED) is 0.110. The SMILES string of the molecule is [Ni].c1ccc([P+](CCC[P+](c2ccccc2)(c2ccccc2)c2ccccc2)(c2ccccc2)c2ccccc2)cc1. The van der Waals surface area contributed by atoms with E-state index in [1.54, 1.807) is 0 Å². The van der Waals surface area contributed by atoms with Crippen LogP contribution in [0.25, 0.3) is 0 Å². The van der Waals surface area contributed by atoms with Gasteiger partial charge in [-0.2, -0.15) is 0 Å². The zero-order chi connectivity index (χ0) is 27.8. The number of hydrogen-bond donors (Lipinski definition) is 0. The molecule has 0 aliphatic carbocycles. The van der Waals surface area contributed by atoms with E-state index in [2.05, 4.69) is 182 Å². The first-order valence-electron chi connectivity index (χ1n) is 14.4. The monoisotopic (exact) mass is 624 g/mol. The molecule has 6 rings (SSSR count). The maximum atomic E-state index is 2.36. The summed E-state index contributed by atoms with van der Waals surface area (Å²) in [4.78, 5) is 0. The van der Waals surface area contributed by atoms with Crippen molar-refractivity contribution in [3.05, 3.63) is 182 Å². The summed E-state index contributed by atoms with van der Waals surface area (Å²) in [6.45, 7) is 0. The van der Waals surface area contributed by atoms with Gasteiger partial charge < -0.3 is 0 Å². The Kier molecular flexibility index (Phi) is 10.2. The minimum absolute atomic E-state index is 0. The van der Waals surface area contributed by atoms with E-state index in [1.165, 1.54) is 31.8 Å². The summed E-state index contributed by atoms with van der Waals surface area (Å²) >= 11 is 0. The van der Waals surface area contributed by atoms with Crippen LogP contribution in [-0.2, 0) is 16.5 Å². The van der Waals surface area contributed by atoms with Crippen molar-refractivity contribution >= 4 is 46.4 Å². The van der Waals surface area contributed by atoms with Crippen LogP contribution in [0.3, 0.4) is 0 Å². The van der Waals surface area contributed by atoms with E-state index in [0.29, 0.717) is 0 Å². The summed E-state index contributed by atoms with van der Waals surface area (Å²) in [7, 11) is -3.79. The van der Waals surface area contributed by atoms with Crippen molar-refractivity contribution < 1.29 is 16.5 Å². The molecule has 0 aliphatic heterocycles. The Bertz CT molecular complexity index is 1310. The molecule has 210 valence electrons. The van der Waals surface area contributed by atoms with Crippen LogP contribution in [0, 0.1) is 0 Å². The van der Waals surface area contributed by atoms with Crippen molar-refractivity contribution in [1.82, 2.24) is 0 Å². The van der Waals surface area contributed by atoms with Crippen LogP contribution >= 0.6 is 14.5 Å². The zero-order valence-electron chi connectivity index (χ0n) is 23.7. The van der Waals surface area contributed by atoms with Crippen molar-refractivity contribution in [1.29, 1.82) is 0 Å². The van der Waals surface area contributed by atoms with Gasteiger partial charge in [-0.1, -0.05) is 109 Å². The Morgan fingerprint density at radius 2 is 0.429 bits per heavy atom. The molecule has 0 saturated carbocycles. The standard InChI is InChI=1S/C39H36P2.Ni/c1-7-20-34(21-8-1)40(35-22-9-2-10-23-35,36-24-11-3-12-25-36)32-19-33-41(37-26-13-4-14-27-37,38-28-15-5-16-29-38)39-30-17-6-18-31-39;/h1-18,20-31H,19,32-33H2;/q+2;. The van der Waals surface area contributed by atoms with Gasteiger partial charge in [-0.05, 0) is 72.8 Å². The normalized spacial score (nSPS) is 11.4. The van der Waals surface area contributed by atoms with Crippen LogP contribution in [0.2, 0.25) is 0 Å². The number of hydrogen-bond acceptors (Lipinski definition) is 0. The molecule has 0 atom stereocenters. The maximum Gasteiger partial charge on any atom is 0.112 e. The Morgan fingerprint density at radius 1 is 0.262 bits per heavy atom. The van der Waals surface area contributed by atoms with E-state index < -0.39 is 14.5 Å². The molecule has 0 nitrogen and oxygen atoms in total.